The molecule has 31 heavy (non-hydrogen) atoms. The van der Waals surface area contributed by atoms with Gasteiger partial charge in [-0.2, -0.15) is 0 Å². The second-order valence-corrected chi connectivity index (χ2v) is 6.70. The van der Waals surface area contributed by atoms with Gasteiger partial charge in [0.2, 0.25) is 0 Å². The van der Waals surface area contributed by atoms with E-state index in [1.54, 1.807) is 32.4 Å². The van der Waals surface area contributed by atoms with E-state index in [9.17, 15) is 10.1 Å². The van der Waals surface area contributed by atoms with Crippen molar-refractivity contribution >= 4 is 28.4 Å². The van der Waals surface area contributed by atoms with Gasteiger partial charge in [0, 0.05) is 24.3 Å². The first-order valence-corrected chi connectivity index (χ1v) is 9.47. The van der Waals surface area contributed by atoms with E-state index in [-0.39, 0.29) is 5.69 Å². The lowest BCUT2D eigenvalue weighted by Crippen LogP contribution is -2.10. The Kier molecular flexibility index (Phi) is 5.53. The van der Waals surface area contributed by atoms with Crippen molar-refractivity contribution < 1.29 is 14.4 Å². The van der Waals surface area contributed by atoms with Gasteiger partial charge in [-0.25, -0.2) is 9.97 Å². The molecule has 1 aromatic heterocycles. The molecule has 0 saturated heterocycles. The summed E-state index contributed by atoms with van der Waals surface area (Å²) in [4.78, 5) is 19.9. The quantitative estimate of drug-likeness (QED) is 0.389. The van der Waals surface area contributed by atoms with Crippen LogP contribution in [0, 0.1) is 10.1 Å². The fourth-order valence-corrected chi connectivity index (χ4v) is 3.07. The number of nitro groups is 1. The summed E-state index contributed by atoms with van der Waals surface area (Å²) in [6, 6.07) is 4.39. The van der Waals surface area contributed by atoms with Crippen molar-refractivity contribution in [1.82, 2.24) is 9.97 Å². The average Bonchev–Trinajstić information content (AvgIpc) is 2.80. The van der Waals surface area contributed by atoms with E-state index in [0.29, 0.717) is 34.1 Å². The Balaban J connectivity index is 1.75. The van der Waals surface area contributed by atoms with Gasteiger partial charge in [-0.3, -0.25) is 10.1 Å². The van der Waals surface area contributed by atoms with Crippen molar-refractivity contribution in [1.29, 1.82) is 0 Å². The van der Waals surface area contributed by atoms with Gasteiger partial charge < -0.3 is 20.1 Å². The highest BCUT2D eigenvalue weighted by molar-refractivity contribution is 5.83. The van der Waals surface area contributed by atoms with Crippen LogP contribution in [0.15, 0.2) is 76.9 Å². The number of nitro benzene ring substituents is 1. The number of aromatic nitrogens is 2. The molecule has 0 atom stereocenters. The molecule has 9 nitrogen and oxygen atoms in total. The number of hydrogen-bond acceptors (Lipinski definition) is 8. The van der Waals surface area contributed by atoms with E-state index in [1.807, 2.05) is 12.2 Å². The number of allylic oxidation sites excluding steroid dienone is 6. The first-order chi connectivity index (χ1) is 15.1. The Morgan fingerprint density at radius 2 is 1.81 bits per heavy atom. The highest BCUT2D eigenvalue weighted by Crippen LogP contribution is 2.28. The topological polar surface area (TPSA) is 111 Å². The third kappa shape index (κ3) is 4.48. The Morgan fingerprint density at radius 3 is 2.45 bits per heavy atom. The number of fused-ring (bicyclic) bond motifs is 1. The van der Waals surface area contributed by atoms with Crippen LogP contribution in [-0.4, -0.2) is 29.1 Å². The number of ether oxygens (including phenoxy) is 2. The van der Waals surface area contributed by atoms with Gasteiger partial charge in [-0.15, -0.1) is 0 Å². The maximum absolute atomic E-state index is 11.1. The second kappa shape index (κ2) is 8.59. The van der Waals surface area contributed by atoms with Gasteiger partial charge in [0.1, 0.15) is 0 Å². The van der Waals surface area contributed by atoms with Crippen molar-refractivity contribution in [3.05, 3.63) is 87.0 Å². The minimum Gasteiger partial charge on any atom is -0.501 e. The summed E-state index contributed by atoms with van der Waals surface area (Å²) in [7, 11) is 3.20. The Bertz CT molecular complexity index is 1260. The molecule has 0 aliphatic heterocycles. The fraction of sp³-hybridized carbons (Fsp3) is 0.182. The lowest BCUT2D eigenvalue weighted by atomic mass is 10.1. The van der Waals surface area contributed by atoms with E-state index in [4.69, 9.17) is 9.47 Å². The molecule has 156 valence electrons. The fourth-order valence-electron chi connectivity index (χ4n) is 3.07. The molecule has 2 aliphatic carbocycles. The first-order valence-electron chi connectivity index (χ1n) is 9.47. The van der Waals surface area contributed by atoms with Gasteiger partial charge >= 0.3 is 0 Å². The Hall–Kier alpha value is -4.32. The number of nitrogens with zero attached hydrogens (tertiary/aromatic N) is 3. The van der Waals surface area contributed by atoms with Gasteiger partial charge in [0.15, 0.2) is 17.4 Å². The van der Waals surface area contributed by atoms with Crippen LogP contribution in [0.3, 0.4) is 0 Å². The minimum atomic E-state index is -0.459. The number of nitrogens with one attached hydrogen (secondary N) is 2. The summed E-state index contributed by atoms with van der Waals surface area (Å²) >= 11 is 0. The molecule has 0 unspecified atom stereocenters. The van der Waals surface area contributed by atoms with Crippen LogP contribution in [0.4, 0.5) is 17.3 Å². The predicted octanol–water partition coefficient (Wildman–Crippen LogP) is 4.31. The van der Waals surface area contributed by atoms with Crippen LogP contribution < -0.4 is 10.6 Å². The maximum Gasteiger partial charge on any atom is 0.271 e. The summed E-state index contributed by atoms with van der Waals surface area (Å²) in [6.07, 6.45) is 8.87. The molecule has 0 bridgehead atoms. The summed E-state index contributed by atoms with van der Waals surface area (Å²) < 4.78 is 10.4. The van der Waals surface area contributed by atoms with Gasteiger partial charge in [0.25, 0.3) is 5.69 Å². The molecular weight excluding hydrogens is 398 g/mol. The molecule has 2 aliphatic rings. The molecule has 4 rings (SSSR count). The number of hydrogen-bond donors (Lipinski definition) is 2. The number of non-ortho nitro benzene ring substituents is 1. The predicted molar refractivity (Wildman–Crippen MR) is 116 cm³/mol. The van der Waals surface area contributed by atoms with Crippen molar-refractivity contribution in [2.75, 3.05) is 24.9 Å². The van der Waals surface area contributed by atoms with E-state index < -0.39 is 4.92 Å². The van der Waals surface area contributed by atoms with Gasteiger partial charge in [0.05, 0.1) is 41.6 Å². The van der Waals surface area contributed by atoms with Crippen LogP contribution >= 0.6 is 0 Å². The number of rotatable bonds is 7. The van der Waals surface area contributed by atoms with E-state index in [1.165, 1.54) is 12.1 Å². The molecule has 0 saturated carbocycles. The molecule has 1 aromatic carbocycles. The molecule has 1 heterocycles. The van der Waals surface area contributed by atoms with Gasteiger partial charge in [-0.1, -0.05) is 0 Å². The van der Waals surface area contributed by atoms with E-state index in [2.05, 4.69) is 32.1 Å². The zero-order chi connectivity index (χ0) is 21.8. The number of methoxy groups -OCH3 is 2. The van der Waals surface area contributed by atoms with Crippen LogP contribution in [0.1, 0.15) is 12.8 Å². The zero-order valence-electron chi connectivity index (χ0n) is 16.9. The third-order valence-electron chi connectivity index (χ3n) is 4.71. The standard InChI is InChI=1S/C22H19N5O4/c1-30-17-8-3-14(4-9-17)23-21-22(24-15-5-10-18(31-2)11-6-15)26-20-13-16(27(28)29)7-12-19(20)25-21/h3,5,7-8,10,12-13H,4,9H2,1-2H3,(H,23,25)(H,24,26). The summed E-state index contributed by atoms with van der Waals surface area (Å²) in [5, 5.41) is 17.6. The first kappa shape index (κ1) is 20.0. The van der Waals surface area contributed by atoms with Crippen molar-refractivity contribution in [2.45, 2.75) is 12.8 Å². The lowest BCUT2D eigenvalue weighted by Gasteiger charge is -2.18. The highest BCUT2D eigenvalue weighted by atomic mass is 16.6. The lowest BCUT2D eigenvalue weighted by molar-refractivity contribution is -0.384. The highest BCUT2D eigenvalue weighted by Gasteiger charge is 2.16. The summed E-state index contributed by atoms with van der Waals surface area (Å²) in [5.41, 5.74) is 8.27. The molecule has 9 heteroatoms. The summed E-state index contributed by atoms with van der Waals surface area (Å²) in [5.74, 6) is 2.36. The maximum atomic E-state index is 11.1. The van der Waals surface area contributed by atoms with Crippen LogP contribution in [-0.2, 0) is 9.47 Å². The largest absolute Gasteiger partial charge is 0.501 e. The Labute approximate surface area is 177 Å². The Morgan fingerprint density at radius 1 is 1.00 bits per heavy atom. The van der Waals surface area contributed by atoms with Crippen LogP contribution in [0.5, 0.6) is 0 Å². The number of anilines is 2. The minimum absolute atomic E-state index is 0.0509. The second-order valence-electron chi connectivity index (χ2n) is 6.70. The molecule has 0 fully saturated rings. The van der Waals surface area contributed by atoms with Crippen molar-refractivity contribution in [3.63, 3.8) is 0 Å². The summed E-state index contributed by atoms with van der Waals surface area (Å²) in [6.45, 7) is 0. The van der Waals surface area contributed by atoms with Crippen molar-refractivity contribution in [2.24, 2.45) is 0 Å². The molecule has 0 radical (unpaired) electrons. The molecule has 0 spiro atoms. The number of benzene rings is 1. The molecule has 2 N–H and O–H groups in total. The van der Waals surface area contributed by atoms with Crippen molar-refractivity contribution in [3.8, 4) is 0 Å². The third-order valence-corrected chi connectivity index (χ3v) is 4.71. The molecule has 2 aromatic rings. The molecular formula is C22H19N5O4. The van der Waals surface area contributed by atoms with E-state index in [0.717, 1.165) is 24.3 Å². The van der Waals surface area contributed by atoms with Crippen LogP contribution in [0.2, 0.25) is 0 Å². The van der Waals surface area contributed by atoms with Gasteiger partial charge in [-0.05, 0) is 48.3 Å². The smallest absolute Gasteiger partial charge is 0.271 e. The zero-order valence-corrected chi connectivity index (χ0v) is 16.9. The monoisotopic (exact) mass is 417 g/mol. The SMILES string of the molecule is COC1=C=C=C(Nc2nc3cc([N+](=O)[O-])ccc3nc2NC2=CC=C(OC)CC2)C=C1. The van der Waals surface area contributed by atoms with Crippen LogP contribution in [0.25, 0.3) is 11.0 Å². The average molecular weight is 417 g/mol. The normalized spacial score (nSPS) is 14.9. The molecule has 0 amide bonds. The van der Waals surface area contributed by atoms with E-state index >= 15 is 0 Å².